The van der Waals surface area contributed by atoms with E-state index < -0.39 is 0 Å². The van der Waals surface area contributed by atoms with Gasteiger partial charge in [0.15, 0.2) is 0 Å². The molecular weight excluding hydrogens is 307 g/mol. The van der Waals surface area contributed by atoms with Gasteiger partial charge in [0.05, 0.1) is 4.47 Å². The zero-order valence-corrected chi connectivity index (χ0v) is 13.2. The Kier molecular flexibility index (Phi) is 5.37. The van der Waals surface area contributed by atoms with Gasteiger partial charge in [0, 0.05) is 32.2 Å². The molecule has 1 aliphatic rings. The molecule has 0 amide bonds. The SMILES string of the molecule is CCC(C)C1CNCCN1Cc1ccc(F)c(Br)c1. The maximum Gasteiger partial charge on any atom is 0.137 e. The third-order valence-electron chi connectivity index (χ3n) is 4.07. The minimum Gasteiger partial charge on any atom is -0.314 e. The predicted molar refractivity (Wildman–Crippen MR) is 80.6 cm³/mol. The average Bonchev–Trinajstić information content (AvgIpc) is 2.43. The van der Waals surface area contributed by atoms with E-state index in [4.69, 9.17) is 0 Å². The molecule has 2 nitrogen and oxygen atoms in total. The van der Waals surface area contributed by atoms with Gasteiger partial charge in [-0.25, -0.2) is 4.39 Å². The summed E-state index contributed by atoms with van der Waals surface area (Å²) in [5.74, 6) is 0.485. The van der Waals surface area contributed by atoms with Gasteiger partial charge >= 0.3 is 0 Å². The minimum atomic E-state index is -0.192. The summed E-state index contributed by atoms with van der Waals surface area (Å²) >= 11 is 3.26. The number of rotatable bonds is 4. The Balaban J connectivity index is 2.08. The first-order chi connectivity index (χ1) is 9.11. The highest BCUT2D eigenvalue weighted by Gasteiger charge is 2.26. The van der Waals surface area contributed by atoms with Gasteiger partial charge in [-0.3, -0.25) is 4.90 Å². The third kappa shape index (κ3) is 3.77. The van der Waals surface area contributed by atoms with Gasteiger partial charge in [0.2, 0.25) is 0 Å². The van der Waals surface area contributed by atoms with Crippen LogP contribution >= 0.6 is 15.9 Å². The van der Waals surface area contributed by atoms with Crippen LogP contribution in [0.5, 0.6) is 0 Å². The summed E-state index contributed by atoms with van der Waals surface area (Å²) in [6.45, 7) is 8.60. The molecule has 0 spiro atoms. The summed E-state index contributed by atoms with van der Waals surface area (Å²) < 4.78 is 13.8. The average molecular weight is 329 g/mol. The van der Waals surface area contributed by atoms with E-state index in [2.05, 4.69) is 40.0 Å². The van der Waals surface area contributed by atoms with Crippen molar-refractivity contribution < 1.29 is 4.39 Å². The van der Waals surface area contributed by atoms with Crippen molar-refractivity contribution in [2.45, 2.75) is 32.9 Å². The molecule has 0 saturated carbocycles. The molecule has 2 atom stereocenters. The van der Waals surface area contributed by atoms with Gasteiger partial charge in [-0.2, -0.15) is 0 Å². The van der Waals surface area contributed by atoms with Crippen molar-refractivity contribution in [3.63, 3.8) is 0 Å². The molecule has 0 aromatic heterocycles. The van der Waals surface area contributed by atoms with Gasteiger partial charge < -0.3 is 5.32 Å². The largest absolute Gasteiger partial charge is 0.314 e. The van der Waals surface area contributed by atoms with Gasteiger partial charge in [-0.1, -0.05) is 26.3 Å². The van der Waals surface area contributed by atoms with Crippen LogP contribution in [0.1, 0.15) is 25.8 Å². The Hall–Kier alpha value is -0.450. The number of nitrogens with one attached hydrogen (secondary N) is 1. The van der Waals surface area contributed by atoms with Gasteiger partial charge in [0.25, 0.3) is 0 Å². The Morgan fingerprint density at radius 1 is 1.53 bits per heavy atom. The van der Waals surface area contributed by atoms with Crippen LogP contribution in [0.4, 0.5) is 4.39 Å². The second-order valence-electron chi connectivity index (χ2n) is 5.38. The number of hydrogen-bond donors (Lipinski definition) is 1. The molecule has 0 radical (unpaired) electrons. The molecule has 106 valence electrons. The summed E-state index contributed by atoms with van der Waals surface area (Å²) in [5.41, 5.74) is 1.17. The molecule has 0 bridgehead atoms. The first-order valence-corrected chi connectivity index (χ1v) is 7.79. The molecule has 0 aliphatic carbocycles. The van der Waals surface area contributed by atoms with Crippen molar-refractivity contribution in [1.29, 1.82) is 0 Å². The van der Waals surface area contributed by atoms with Crippen LogP contribution in [-0.2, 0) is 6.54 Å². The van der Waals surface area contributed by atoms with Crippen molar-refractivity contribution in [3.8, 4) is 0 Å². The van der Waals surface area contributed by atoms with Crippen molar-refractivity contribution in [2.24, 2.45) is 5.92 Å². The van der Waals surface area contributed by atoms with E-state index in [1.165, 1.54) is 12.0 Å². The lowest BCUT2D eigenvalue weighted by atomic mass is 9.95. The molecule has 19 heavy (non-hydrogen) atoms. The standard InChI is InChI=1S/C15H22BrFN2/c1-3-11(2)15-9-18-6-7-19(15)10-12-4-5-14(17)13(16)8-12/h4-5,8,11,15,18H,3,6-7,9-10H2,1-2H3. The monoisotopic (exact) mass is 328 g/mol. The lowest BCUT2D eigenvalue weighted by Gasteiger charge is -2.39. The van der Waals surface area contributed by atoms with Crippen LogP contribution in [-0.4, -0.2) is 30.6 Å². The first kappa shape index (κ1) is 14.9. The van der Waals surface area contributed by atoms with E-state index in [1.54, 1.807) is 6.07 Å². The zero-order chi connectivity index (χ0) is 13.8. The van der Waals surface area contributed by atoms with Gasteiger partial charge in [-0.15, -0.1) is 0 Å². The smallest absolute Gasteiger partial charge is 0.137 e. The molecule has 1 heterocycles. The molecule has 2 unspecified atom stereocenters. The van der Waals surface area contributed by atoms with Crippen LogP contribution in [0.15, 0.2) is 22.7 Å². The molecule has 1 fully saturated rings. The van der Waals surface area contributed by atoms with Crippen LogP contribution in [0.2, 0.25) is 0 Å². The second kappa shape index (κ2) is 6.82. The maximum atomic E-state index is 13.3. The fraction of sp³-hybridized carbons (Fsp3) is 0.600. The van der Waals surface area contributed by atoms with Gasteiger partial charge in [0.1, 0.15) is 5.82 Å². The molecule has 2 rings (SSSR count). The van der Waals surface area contributed by atoms with E-state index in [9.17, 15) is 4.39 Å². The fourth-order valence-corrected chi connectivity index (χ4v) is 3.10. The van der Waals surface area contributed by atoms with E-state index in [0.29, 0.717) is 16.4 Å². The van der Waals surface area contributed by atoms with Crippen LogP contribution in [0.25, 0.3) is 0 Å². The first-order valence-electron chi connectivity index (χ1n) is 7.00. The third-order valence-corrected chi connectivity index (χ3v) is 4.68. The Morgan fingerprint density at radius 2 is 2.32 bits per heavy atom. The van der Waals surface area contributed by atoms with E-state index >= 15 is 0 Å². The van der Waals surface area contributed by atoms with E-state index in [1.807, 2.05) is 12.1 Å². The quantitative estimate of drug-likeness (QED) is 0.911. The Bertz CT molecular complexity index is 425. The number of piperazine rings is 1. The normalized spacial score (nSPS) is 22.4. The van der Waals surface area contributed by atoms with E-state index in [-0.39, 0.29) is 5.82 Å². The molecule has 1 N–H and O–H groups in total. The zero-order valence-electron chi connectivity index (χ0n) is 11.6. The molecule has 1 aliphatic heterocycles. The summed E-state index contributed by atoms with van der Waals surface area (Å²) in [7, 11) is 0. The van der Waals surface area contributed by atoms with Crippen LogP contribution in [0.3, 0.4) is 0 Å². The minimum absolute atomic E-state index is 0.192. The van der Waals surface area contributed by atoms with Crippen molar-refractivity contribution in [1.82, 2.24) is 10.2 Å². The molecule has 1 aromatic carbocycles. The lowest BCUT2D eigenvalue weighted by Crippen LogP contribution is -2.53. The molecule has 1 aromatic rings. The van der Waals surface area contributed by atoms with Crippen LogP contribution in [0, 0.1) is 11.7 Å². The summed E-state index contributed by atoms with van der Waals surface area (Å²) in [5, 5.41) is 3.48. The fourth-order valence-electron chi connectivity index (χ4n) is 2.67. The van der Waals surface area contributed by atoms with Crippen molar-refractivity contribution in [2.75, 3.05) is 19.6 Å². The van der Waals surface area contributed by atoms with Crippen molar-refractivity contribution in [3.05, 3.63) is 34.1 Å². The highest BCUT2D eigenvalue weighted by Crippen LogP contribution is 2.22. The summed E-state index contributed by atoms with van der Waals surface area (Å²) in [4.78, 5) is 2.52. The highest BCUT2D eigenvalue weighted by molar-refractivity contribution is 9.10. The number of benzene rings is 1. The Morgan fingerprint density at radius 3 is 3.00 bits per heavy atom. The Labute approximate surface area is 123 Å². The second-order valence-corrected chi connectivity index (χ2v) is 6.23. The van der Waals surface area contributed by atoms with Gasteiger partial charge in [-0.05, 0) is 39.5 Å². The lowest BCUT2D eigenvalue weighted by molar-refractivity contribution is 0.109. The highest BCUT2D eigenvalue weighted by atomic mass is 79.9. The summed E-state index contributed by atoms with van der Waals surface area (Å²) in [6, 6.07) is 5.89. The predicted octanol–water partition coefficient (Wildman–Crippen LogP) is 3.41. The van der Waals surface area contributed by atoms with Crippen molar-refractivity contribution >= 4 is 15.9 Å². The number of halogens is 2. The number of hydrogen-bond acceptors (Lipinski definition) is 2. The summed E-state index contributed by atoms with van der Waals surface area (Å²) in [6.07, 6.45) is 1.19. The van der Waals surface area contributed by atoms with Crippen LogP contribution < -0.4 is 5.32 Å². The molecular formula is C15H22BrFN2. The molecule has 1 saturated heterocycles. The maximum absolute atomic E-state index is 13.3. The number of nitrogens with zero attached hydrogens (tertiary/aromatic N) is 1. The van der Waals surface area contributed by atoms with E-state index in [0.717, 1.165) is 26.2 Å². The molecule has 4 heteroatoms. The topological polar surface area (TPSA) is 15.3 Å².